The van der Waals surface area contributed by atoms with E-state index in [1.54, 1.807) is 0 Å². The van der Waals surface area contributed by atoms with Crippen LogP contribution in [0.5, 0.6) is 0 Å². The fourth-order valence-corrected chi connectivity index (χ4v) is 5.06. The first kappa shape index (κ1) is 19.1. The van der Waals surface area contributed by atoms with E-state index in [4.69, 9.17) is 5.73 Å². The van der Waals surface area contributed by atoms with E-state index in [0.717, 1.165) is 29.5 Å². The molecule has 4 rings (SSSR count). The summed E-state index contributed by atoms with van der Waals surface area (Å²) in [6, 6.07) is -0.244. The molecular formula is C18H27BrN6O2. The van der Waals surface area contributed by atoms with Gasteiger partial charge in [0, 0.05) is 23.1 Å². The zero-order valence-corrected chi connectivity index (χ0v) is 16.8. The van der Waals surface area contributed by atoms with Crippen molar-refractivity contribution in [2.75, 3.05) is 31.9 Å². The number of aliphatic hydroxyl groups excluding tert-OH is 2. The zero-order valence-electron chi connectivity index (χ0n) is 15.2. The van der Waals surface area contributed by atoms with Crippen LogP contribution in [0.2, 0.25) is 0 Å². The lowest BCUT2D eigenvalue weighted by molar-refractivity contribution is 0.00676. The van der Waals surface area contributed by atoms with E-state index in [9.17, 15) is 10.2 Å². The van der Waals surface area contributed by atoms with Crippen molar-refractivity contribution in [2.45, 2.75) is 37.5 Å². The fraction of sp³-hybridized carbons (Fsp3) is 0.667. The summed E-state index contributed by atoms with van der Waals surface area (Å²) < 4.78 is 2.71. The normalized spacial score (nSPS) is 31.6. The molecular weight excluding hydrogens is 412 g/mol. The highest BCUT2D eigenvalue weighted by Crippen LogP contribution is 2.39. The zero-order chi connectivity index (χ0) is 19.0. The van der Waals surface area contributed by atoms with Crippen LogP contribution >= 0.6 is 15.9 Å². The number of halogens is 1. The first-order valence-electron chi connectivity index (χ1n) is 9.60. The molecule has 6 N–H and O–H groups in total. The minimum Gasteiger partial charge on any atom is -0.390 e. The monoisotopic (exact) mass is 438 g/mol. The van der Waals surface area contributed by atoms with Crippen molar-refractivity contribution >= 4 is 32.8 Å². The summed E-state index contributed by atoms with van der Waals surface area (Å²) in [7, 11) is 0. The number of nitrogens with two attached hydrogens (primary N) is 1. The molecule has 2 aromatic heterocycles. The molecule has 9 heteroatoms. The number of nitrogen functional groups attached to an aromatic ring is 1. The SMILES string of the molecule is Nc1ncnc2c1c(Br)cn2[C@@H]1C[C@H](CNC[C@@H]2CCCNC2)[C@@H](O)[C@H]1O. The van der Waals surface area contributed by atoms with Crippen LogP contribution in [0.25, 0.3) is 11.0 Å². The summed E-state index contributed by atoms with van der Waals surface area (Å²) in [5.74, 6) is 1.04. The van der Waals surface area contributed by atoms with Gasteiger partial charge in [0.15, 0.2) is 0 Å². The van der Waals surface area contributed by atoms with E-state index in [-0.39, 0.29) is 12.0 Å². The number of piperidine rings is 1. The van der Waals surface area contributed by atoms with Crippen LogP contribution < -0.4 is 16.4 Å². The summed E-state index contributed by atoms with van der Waals surface area (Å²) >= 11 is 3.51. The lowest BCUT2D eigenvalue weighted by Crippen LogP contribution is -2.39. The quantitative estimate of drug-likeness (QED) is 0.464. The Morgan fingerprint density at radius 2 is 2.15 bits per heavy atom. The molecule has 2 fully saturated rings. The molecule has 1 aliphatic heterocycles. The van der Waals surface area contributed by atoms with Crippen molar-refractivity contribution in [1.29, 1.82) is 0 Å². The maximum absolute atomic E-state index is 10.7. The van der Waals surface area contributed by atoms with Crippen LogP contribution in [0.1, 0.15) is 25.3 Å². The molecule has 27 heavy (non-hydrogen) atoms. The Hall–Kier alpha value is -1.26. The maximum Gasteiger partial charge on any atom is 0.146 e. The Morgan fingerprint density at radius 3 is 2.93 bits per heavy atom. The minimum atomic E-state index is -0.841. The highest BCUT2D eigenvalue weighted by molar-refractivity contribution is 9.10. The third-order valence-electron chi connectivity index (χ3n) is 5.96. The predicted molar refractivity (Wildman–Crippen MR) is 107 cm³/mol. The fourth-order valence-electron chi connectivity index (χ4n) is 4.46. The standard InChI is InChI=1S/C18H27BrN6O2/c19-12-8-25(18-14(12)17(20)23-9-24-18)13-4-11(15(26)16(13)27)7-22-6-10-2-1-3-21-5-10/h8-11,13,15-16,21-22,26-27H,1-7H2,(H2,20,23,24)/t10-,11-,13-,15-,16+/m1/s1. The van der Waals surface area contributed by atoms with Crippen LogP contribution in [0, 0.1) is 11.8 Å². The largest absolute Gasteiger partial charge is 0.390 e. The average Bonchev–Trinajstić information content (AvgIpc) is 3.15. The Labute approximate surface area is 166 Å². The third-order valence-corrected chi connectivity index (χ3v) is 6.56. The first-order valence-corrected chi connectivity index (χ1v) is 10.4. The smallest absolute Gasteiger partial charge is 0.146 e. The number of nitrogens with one attached hydrogen (secondary N) is 2. The maximum atomic E-state index is 10.7. The highest BCUT2D eigenvalue weighted by Gasteiger charge is 2.42. The molecule has 2 aromatic rings. The number of anilines is 1. The topological polar surface area (TPSA) is 121 Å². The molecule has 148 valence electrons. The van der Waals surface area contributed by atoms with Crippen LogP contribution in [0.3, 0.4) is 0 Å². The Morgan fingerprint density at radius 1 is 1.30 bits per heavy atom. The van der Waals surface area contributed by atoms with Crippen molar-refractivity contribution in [3.05, 3.63) is 17.0 Å². The van der Waals surface area contributed by atoms with E-state index in [2.05, 4.69) is 36.5 Å². The second-order valence-corrected chi connectivity index (χ2v) is 8.61. The molecule has 0 spiro atoms. The van der Waals surface area contributed by atoms with E-state index >= 15 is 0 Å². The van der Waals surface area contributed by atoms with Gasteiger partial charge in [-0.3, -0.25) is 0 Å². The van der Waals surface area contributed by atoms with Crippen LogP contribution in [0.4, 0.5) is 5.82 Å². The summed E-state index contributed by atoms with van der Waals surface area (Å²) in [6.45, 7) is 3.80. The minimum absolute atomic E-state index is 0.00282. The van der Waals surface area contributed by atoms with Crippen molar-refractivity contribution in [3.8, 4) is 0 Å². The second kappa shape index (κ2) is 8.00. The number of aliphatic hydroxyl groups is 2. The van der Waals surface area contributed by atoms with Gasteiger partial charge in [-0.15, -0.1) is 0 Å². The van der Waals surface area contributed by atoms with Gasteiger partial charge in [0.05, 0.1) is 17.5 Å². The van der Waals surface area contributed by atoms with E-state index in [0.29, 0.717) is 30.3 Å². The predicted octanol–water partition coefficient (Wildman–Crippen LogP) is 0.648. The molecule has 0 aromatic carbocycles. The van der Waals surface area contributed by atoms with Crippen LogP contribution in [0.15, 0.2) is 17.0 Å². The Bertz CT molecular complexity index is 793. The Balaban J connectivity index is 1.45. The number of aromatic nitrogens is 3. The first-order chi connectivity index (χ1) is 13.1. The molecule has 1 saturated heterocycles. The number of hydrogen-bond acceptors (Lipinski definition) is 7. The molecule has 0 amide bonds. The lowest BCUT2D eigenvalue weighted by atomic mass is 9.99. The van der Waals surface area contributed by atoms with Crippen molar-refractivity contribution in [1.82, 2.24) is 25.2 Å². The molecule has 8 nitrogen and oxygen atoms in total. The van der Waals surface area contributed by atoms with Gasteiger partial charge in [0.2, 0.25) is 0 Å². The van der Waals surface area contributed by atoms with Gasteiger partial charge in [-0.1, -0.05) is 0 Å². The molecule has 1 aliphatic carbocycles. The molecule has 0 bridgehead atoms. The van der Waals surface area contributed by atoms with Crippen molar-refractivity contribution in [2.24, 2.45) is 11.8 Å². The molecule has 2 aliphatic rings. The van der Waals surface area contributed by atoms with Gasteiger partial charge < -0.3 is 31.1 Å². The Kier molecular flexibility index (Phi) is 5.65. The third kappa shape index (κ3) is 3.71. The van der Waals surface area contributed by atoms with E-state index < -0.39 is 12.2 Å². The summed E-state index contributed by atoms with van der Waals surface area (Å²) in [5.41, 5.74) is 6.65. The van der Waals surface area contributed by atoms with Crippen molar-refractivity contribution < 1.29 is 10.2 Å². The van der Waals surface area contributed by atoms with Gasteiger partial charge in [-0.2, -0.15) is 0 Å². The number of nitrogens with zero attached hydrogens (tertiary/aromatic N) is 3. The molecule has 0 unspecified atom stereocenters. The number of hydrogen-bond donors (Lipinski definition) is 5. The summed E-state index contributed by atoms with van der Waals surface area (Å²) in [6.07, 6.45) is 4.84. The average molecular weight is 439 g/mol. The van der Waals surface area contributed by atoms with Gasteiger partial charge in [0.25, 0.3) is 0 Å². The van der Waals surface area contributed by atoms with Gasteiger partial charge in [-0.25, -0.2) is 9.97 Å². The van der Waals surface area contributed by atoms with Crippen LogP contribution in [-0.4, -0.2) is 63.1 Å². The van der Waals surface area contributed by atoms with Gasteiger partial charge in [-0.05, 0) is 60.7 Å². The number of fused-ring (bicyclic) bond motifs is 1. The molecule has 5 atom stereocenters. The van der Waals surface area contributed by atoms with Gasteiger partial charge in [0.1, 0.15) is 23.9 Å². The summed E-state index contributed by atoms with van der Waals surface area (Å²) in [4.78, 5) is 8.38. The lowest BCUT2D eigenvalue weighted by Gasteiger charge is -2.24. The van der Waals surface area contributed by atoms with E-state index in [1.807, 2.05) is 10.8 Å². The highest BCUT2D eigenvalue weighted by atomic mass is 79.9. The number of rotatable bonds is 5. The molecule has 0 radical (unpaired) electrons. The molecule has 3 heterocycles. The second-order valence-electron chi connectivity index (χ2n) is 7.76. The van der Waals surface area contributed by atoms with Gasteiger partial charge >= 0.3 is 0 Å². The molecule has 1 saturated carbocycles. The summed E-state index contributed by atoms with van der Waals surface area (Å²) in [5, 5.41) is 28.9. The van der Waals surface area contributed by atoms with Crippen LogP contribution in [-0.2, 0) is 0 Å². The van der Waals surface area contributed by atoms with E-state index in [1.165, 1.54) is 19.2 Å². The van der Waals surface area contributed by atoms with Crippen molar-refractivity contribution in [3.63, 3.8) is 0 Å².